The molecule has 2 N–H and O–H groups in total. The molecule has 3 atom stereocenters. The summed E-state index contributed by atoms with van der Waals surface area (Å²) in [6.07, 6.45) is 4.04. The zero-order valence-corrected chi connectivity index (χ0v) is 26.5. The van der Waals surface area contributed by atoms with E-state index in [-0.39, 0.29) is 28.8 Å². The van der Waals surface area contributed by atoms with E-state index in [0.717, 1.165) is 67.7 Å². The Hall–Kier alpha value is -2.81. The van der Waals surface area contributed by atoms with E-state index >= 15 is 0 Å². The highest BCUT2D eigenvalue weighted by Gasteiger charge is 2.43. The molecule has 3 aliphatic rings. The zero-order chi connectivity index (χ0) is 29.5. The van der Waals surface area contributed by atoms with E-state index in [1.165, 1.54) is 11.9 Å². The molecule has 2 saturated heterocycles. The molecule has 8 nitrogen and oxygen atoms in total. The van der Waals surface area contributed by atoms with Crippen molar-refractivity contribution in [1.82, 2.24) is 19.6 Å². The summed E-state index contributed by atoms with van der Waals surface area (Å²) in [7, 11) is 0. The summed E-state index contributed by atoms with van der Waals surface area (Å²) in [5.74, 6) is 2.99. The number of nitrogens with one attached hydrogen (secondary N) is 2. The third-order valence-electron chi connectivity index (χ3n) is 9.34. The van der Waals surface area contributed by atoms with E-state index < -0.39 is 0 Å². The summed E-state index contributed by atoms with van der Waals surface area (Å²) in [5.41, 5.74) is 1.32. The summed E-state index contributed by atoms with van der Waals surface area (Å²) < 4.78 is 3.04. The molecule has 222 valence electrons. The number of hydrogen-bond acceptors (Lipinski definition) is 7. The lowest BCUT2D eigenvalue weighted by molar-refractivity contribution is -0.130. The Morgan fingerprint density at radius 1 is 1.07 bits per heavy atom. The molecule has 4 bridgehead atoms. The first kappa shape index (κ1) is 29.7. The van der Waals surface area contributed by atoms with Gasteiger partial charge in [-0.3, -0.25) is 14.3 Å². The fraction of sp³-hybridized carbons (Fsp3) is 0.625. The second-order valence-corrected chi connectivity index (χ2v) is 14.7. The third-order valence-corrected chi connectivity index (χ3v) is 10.1. The van der Waals surface area contributed by atoms with Gasteiger partial charge in [-0.2, -0.15) is 0 Å². The van der Waals surface area contributed by atoms with E-state index in [1.807, 2.05) is 35.2 Å². The van der Waals surface area contributed by atoms with Crippen molar-refractivity contribution in [3.8, 4) is 0 Å². The lowest BCUT2D eigenvalue weighted by Gasteiger charge is -2.38. The number of piperidine rings is 1. The second-order valence-electron chi connectivity index (χ2n) is 13.9. The predicted molar refractivity (Wildman–Crippen MR) is 166 cm³/mol. The summed E-state index contributed by atoms with van der Waals surface area (Å²) >= 11 is 1.24. The van der Waals surface area contributed by atoms with E-state index in [1.54, 1.807) is 6.92 Å². The molecule has 2 fully saturated rings. The molecule has 5 heterocycles. The number of nitrogens with zero attached hydrogens (tertiary/aromatic N) is 4. The van der Waals surface area contributed by atoms with Gasteiger partial charge in [-0.25, -0.2) is 9.97 Å². The van der Waals surface area contributed by atoms with Gasteiger partial charge in [-0.1, -0.05) is 33.8 Å². The Balaban J connectivity index is 1.51. The molecular formula is C32H46N6O2S. The van der Waals surface area contributed by atoms with Crippen LogP contribution in [0.5, 0.6) is 0 Å². The summed E-state index contributed by atoms with van der Waals surface area (Å²) in [5, 5.41) is 4.53. The van der Waals surface area contributed by atoms with Crippen molar-refractivity contribution in [3.63, 3.8) is 0 Å². The molecule has 2 aromatic rings. The van der Waals surface area contributed by atoms with Gasteiger partial charge in [0.05, 0.1) is 5.56 Å². The smallest absolute Gasteiger partial charge is 0.265 e. The molecule has 5 rings (SSSR count). The number of fused-ring (bicyclic) bond motifs is 6. The first-order chi connectivity index (χ1) is 19.3. The first-order valence-corrected chi connectivity index (χ1v) is 15.9. The number of aromatic nitrogens is 2. The highest BCUT2D eigenvalue weighted by atomic mass is 32.2. The molecule has 41 heavy (non-hydrogen) atoms. The van der Waals surface area contributed by atoms with Gasteiger partial charge in [-0.05, 0) is 81.5 Å². The topological polar surface area (TPSA) is 90.5 Å². The van der Waals surface area contributed by atoms with Gasteiger partial charge in [0.15, 0.2) is 0 Å². The number of rotatable bonds is 1. The van der Waals surface area contributed by atoms with Gasteiger partial charge in [0.1, 0.15) is 16.7 Å². The zero-order valence-electron chi connectivity index (χ0n) is 25.7. The van der Waals surface area contributed by atoms with Gasteiger partial charge >= 0.3 is 0 Å². The quantitative estimate of drug-likeness (QED) is 0.408. The van der Waals surface area contributed by atoms with Gasteiger partial charge < -0.3 is 15.1 Å². The number of anilines is 2. The number of pyridine rings is 2. The van der Waals surface area contributed by atoms with Crippen LogP contribution in [0.4, 0.5) is 11.6 Å². The number of likely N-dealkylation sites (tertiary alicyclic amines) is 1. The highest BCUT2D eigenvalue weighted by molar-refractivity contribution is 7.97. The summed E-state index contributed by atoms with van der Waals surface area (Å²) in [4.78, 5) is 40.0. The van der Waals surface area contributed by atoms with Crippen molar-refractivity contribution < 1.29 is 9.59 Å². The largest absolute Gasteiger partial charge is 0.367 e. The van der Waals surface area contributed by atoms with Crippen molar-refractivity contribution in [3.05, 3.63) is 41.6 Å². The van der Waals surface area contributed by atoms with Crippen molar-refractivity contribution in [2.24, 2.45) is 17.8 Å². The van der Waals surface area contributed by atoms with Crippen LogP contribution in [-0.2, 0) is 10.2 Å². The van der Waals surface area contributed by atoms with Crippen molar-refractivity contribution >= 4 is 35.4 Å². The van der Waals surface area contributed by atoms with Crippen molar-refractivity contribution in [2.75, 3.05) is 29.9 Å². The van der Waals surface area contributed by atoms with Crippen LogP contribution < -0.4 is 14.9 Å². The highest BCUT2D eigenvalue weighted by Crippen LogP contribution is 2.43. The third kappa shape index (κ3) is 6.50. The lowest BCUT2D eigenvalue weighted by Crippen LogP contribution is -2.43. The predicted octanol–water partition coefficient (Wildman–Crippen LogP) is 5.89. The minimum absolute atomic E-state index is 0.130. The van der Waals surface area contributed by atoms with Crippen molar-refractivity contribution in [1.29, 1.82) is 0 Å². The maximum atomic E-state index is 13.6. The normalized spacial score (nSPS) is 25.4. The minimum Gasteiger partial charge on any atom is -0.367 e. The van der Waals surface area contributed by atoms with Gasteiger partial charge in [0, 0.05) is 61.2 Å². The SMILES string of the molecule is CC(=O)N1CCC(C2CC(C)C3CN(c4nc(C(C)(C)C)ccc4C(=O)NSc4cccc(n4)N2)C(C)(C)C3)CC1. The Morgan fingerprint density at radius 3 is 2.49 bits per heavy atom. The molecule has 0 spiro atoms. The monoisotopic (exact) mass is 578 g/mol. The van der Waals surface area contributed by atoms with Gasteiger partial charge in [-0.15, -0.1) is 0 Å². The Kier molecular flexibility index (Phi) is 8.30. The maximum Gasteiger partial charge on any atom is 0.265 e. The van der Waals surface area contributed by atoms with Crippen LogP contribution in [0, 0.1) is 17.8 Å². The van der Waals surface area contributed by atoms with E-state index in [2.05, 4.69) is 56.5 Å². The second kappa shape index (κ2) is 11.5. The molecule has 0 saturated carbocycles. The Morgan fingerprint density at radius 2 is 1.80 bits per heavy atom. The average molecular weight is 579 g/mol. The lowest BCUT2D eigenvalue weighted by atomic mass is 9.79. The number of amides is 2. The van der Waals surface area contributed by atoms with E-state index in [0.29, 0.717) is 23.3 Å². The van der Waals surface area contributed by atoms with Crippen LogP contribution >= 0.6 is 11.9 Å². The van der Waals surface area contributed by atoms with Crippen molar-refractivity contribution in [2.45, 2.75) is 96.2 Å². The molecule has 9 heteroatoms. The molecule has 0 radical (unpaired) electrons. The maximum absolute atomic E-state index is 13.6. The van der Waals surface area contributed by atoms with Crippen LogP contribution in [-0.4, -0.2) is 57.9 Å². The summed E-state index contributed by atoms with van der Waals surface area (Å²) in [6.45, 7) is 17.6. The fourth-order valence-electron chi connectivity index (χ4n) is 6.78. The molecule has 3 aliphatic heterocycles. The Bertz CT molecular complexity index is 1280. The standard InChI is InChI=1S/C32H46N6O2S/c1-20-17-25(22-13-15-37(16-14-22)21(2)39)33-27-9-8-10-28(35-27)41-36-30(40)24-11-12-26(31(3,4)5)34-29(24)38-19-23(20)18-32(38,6)7/h8-12,20,22-23,25H,13-19H2,1-7H3,(H,33,35)(H,36,40). The number of hydrogen-bond donors (Lipinski definition) is 2. The average Bonchev–Trinajstić information content (AvgIpc) is 3.25. The van der Waals surface area contributed by atoms with Crippen LogP contribution in [0.2, 0.25) is 0 Å². The molecule has 2 amide bonds. The Labute approximate surface area is 249 Å². The van der Waals surface area contributed by atoms with Crippen LogP contribution in [0.3, 0.4) is 0 Å². The molecule has 0 aromatic carbocycles. The molecule has 0 aliphatic carbocycles. The number of carbonyl (C=O) groups is 2. The number of carbonyl (C=O) groups excluding carboxylic acids is 2. The van der Waals surface area contributed by atoms with Gasteiger partial charge in [0.25, 0.3) is 5.91 Å². The minimum atomic E-state index is -0.157. The molecule has 3 unspecified atom stereocenters. The van der Waals surface area contributed by atoms with Crippen LogP contribution in [0.25, 0.3) is 0 Å². The van der Waals surface area contributed by atoms with Gasteiger partial charge in [0.2, 0.25) is 5.91 Å². The summed E-state index contributed by atoms with van der Waals surface area (Å²) in [6, 6.07) is 10.1. The molecular weight excluding hydrogens is 532 g/mol. The van der Waals surface area contributed by atoms with E-state index in [9.17, 15) is 9.59 Å². The first-order valence-electron chi connectivity index (χ1n) is 15.1. The van der Waals surface area contributed by atoms with Crippen LogP contribution in [0.15, 0.2) is 35.4 Å². The van der Waals surface area contributed by atoms with Crippen LogP contribution in [0.1, 0.15) is 90.2 Å². The van der Waals surface area contributed by atoms with E-state index in [4.69, 9.17) is 9.97 Å². The fourth-order valence-corrected chi connectivity index (χ4v) is 7.37. The molecule has 2 aromatic heterocycles.